The van der Waals surface area contributed by atoms with Crippen molar-refractivity contribution < 1.29 is 14.6 Å². The van der Waals surface area contributed by atoms with E-state index in [1.807, 2.05) is 18.2 Å². The maximum absolute atomic E-state index is 11.2. The van der Waals surface area contributed by atoms with Gasteiger partial charge in [0.05, 0.1) is 7.11 Å². The molecule has 1 N–H and O–H groups in total. The molecule has 0 saturated carbocycles. The quantitative estimate of drug-likeness (QED) is 0.809. The smallest absolute Gasteiger partial charge is 0.354 e. The topological polar surface area (TPSA) is 65.9 Å². The molecule has 0 spiro atoms. The van der Waals surface area contributed by atoms with E-state index in [9.17, 15) is 9.90 Å². The summed E-state index contributed by atoms with van der Waals surface area (Å²) in [6.07, 6.45) is 0. The first kappa shape index (κ1) is 22.3. The lowest BCUT2D eigenvalue weighted by atomic mass is 9.89. The number of nitrogens with zero attached hydrogens (tertiary/aromatic N) is 3. The normalized spacial score (nSPS) is 23.5. The molecule has 0 unspecified atom stereocenters. The minimum atomic E-state index is -0.984. The molecule has 2 saturated heterocycles. The minimum Gasteiger partial charge on any atom is -0.497 e. The number of carbonyl (C=O) groups is 1. The Hall–Kier alpha value is -2.02. The van der Waals surface area contributed by atoms with Crippen LogP contribution in [0.2, 0.25) is 0 Å². The molecule has 152 valence electrons. The summed E-state index contributed by atoms with van der Waals surface area (Å²) >= 11 is 0. The van der Waals surface area contributed by atoms with E-state index in [0.717, 1.165) is 31.2 Å². The SMILES string of the molecule is COc1ccc([C@@H]2[C@@H]3CN(c4cccc(C(=O)O)n4)C[C@@H]3CN2C)cc1.Cl.Cl. The molecule has 0 aliphatic carbocycles. The van der Waals surface area contributed by atoms with Gasteiger partial charge in [-0.2, -0.15) is 0 Å². The number of rotatable bonds is 4. The molecule has 1 aromatic heterocycles. The fraction of sp³-hybridized carbons (Fsp3) is 0.400. The maximum atomic E-state index is 11.2. The van der Waals surface area contributed by atoms with Crippen molar-refractivity contribution in [1.29, 1.82) is 0 Å². The van der Waals surface area contributed by atoms with E-state index in [1.165, 1.54) is 11.6 Å². The van der Waals surface area contributed by atoms with Gasteiger partial charge in [0.1, 0.15) is 11.6 Å². The predicted octanol–water partition coefficient (Wildman–Crippen LogP) is 3.37. The Morgan fingerprint density at radius 3 is 2.46 bits per heavy atom. The van der Waals surface area contributed by atoms with E-state index >= 15 is 0 Å². The Bertz CT molecular complexity index is 819. The third-order valence-electron chi connectivity index (χ3n) is 5.63. The summed E-state index contributed by atoms with van der Waals surface area (Å²) < 4.78 is 5.27. The number of carboxylic acids is 1. The van der Waals surface area contributed by atoms with Crippen LogP contribution in [0.25, 0.3) is 0 Å². The Kier molecular flexibility index (Phi) is 7.15. The molecule has 3 heterocycles. The zero-order valence-corrected chi connectivity index (χ0v) is 17.4. The van der Waals surface area contributed by atoms with Gasteiger partial charge in [-0.1, -0.05) is 18.2 Å². The molecule has 0 radical (unpaired) electrons. The third kappa shape index (κ3) is 4.04. The average molecular weight is 426 g/mol. The molecule has 0 bridgehead atoms. The largest absolute Gasteiger partial charge is 0.497 e. The summed E-state index contributed by atoms with van der Waals surface area (Å²) in [6.45, 7) is 2.84. The van der Waals surface area contributed by atoms with Gasteiger partial charge in [0.15, 0.2) is 5.69 Å². The van der Waals surface area contributed by atoms with Crippen LogP contribution in [0.1, 0.15) is 22.1 Å². The molecule has 2 aromatic rings. The highest BCUT2D eigenvalue weighted by molar-refractivity contribution is 5.86. The van der Waals surface area contributed by atoms with Crippen LogP contribution in [0.15, 0.2) is 42.5 Å². The molecule has 2 aliphatic rings. The van der Waals surface area contributed by atoms with Crippen LogP contribution in [0.5, 0.6) is 5.75 Å². The van der Waals surface area contributed by atoms with Gasteiger partial charge >= 0.3 is 5.97 Å². The van der Waals surface area contributed by atoms with E-state index in [0.29, 0.717) is 17.9 Å². The highest BCUT2D eigenvalue weighted by atomic mass is 35.5. The Balaban J connectivity index is 0.00000140. The molecule has 4 rings (SSSR count). The fourth-order valence-corrected chi connectivity index (χ4v) is 4.47. The second-order valence-corrected chi connectivity index (χ2v) is 7.17. The molecule has 2 fully saturated rings. The van der Waals surface area contributed by atoms with Crippen LogP contribution in [-0.4, -0.2) is 54.8 Å². The molecule has 3 atom stereocenters. The lowest BCUT2D eigenvalue weighted by Crippen LogP contribution is -2.29. The number of hydrogen-bond acceptors (Lipinski definition) is 5. The molecule has 2 aliphatic heterocycles. The van der Waals surface area contributed by atoms with Crippen LogP contribution < -0.4 is 9.64 Å². The van der Waals surface area contributed by atoms with Crippen molar-refractivity contribution in [2.75, 3.05) is 38.7 Å². The van der Waals surface area contributed by atoms with Gasteiger partial charge in [-0.05, 0) is 42.8 Å². The first-order valence-corrected chi connectivity index (χ1v) is 8.86. The van der Waals surface area contributed by atoms with Crippen LogP contribution in [-0.2, 0) is 0 Å². The third-order valence-corrected chi connectivity index (χ3v) is 5.63. The molecule has 28 heavy (non-hydrogen) atoms. The van der Waals surface area contributed by atoms with Crippen molar-refractivity contribution in [3.8, 4) is 5.75 Å². The first-order valence-electron chi connectivity index (χ1n) is 8.86. The molecular formula is C20H25Cl2N3O3. The van der Waals surface area contributed by atoms with E-state index in [4.69, 9.17) is 4.74 Å². The lowest BCUT2D eigenvalue weighted by Gasteiger charge is -2.27. The van der Waals surface area contributed by atoms with Crippen molar-refractivity contribution >= 4 is 36.6 Å². The molecule has 6 nitrogen and oxygen atoms in total. The Morgan fingerprint density at radius 2 is 1.82 bits per heavy atom. The van der Waals surface area contributed by atoms with Crippen molar-refractivity contribution in [3.05, 3.63) is 53.7 Å². The number of likely N-dealkylation sites (tertiary alicyclic amines) is 1. The number of aromatic carboxylic acids is 1. The van der Waals surface area contributed by atoms with Crippen molar-refractivity contribution in [2.45, 2.75) is 6.04 Å². The number of anilines is 1. The van der Waals surface area contributed by atoms with Crippen LogP contribution in [0.4, 0.5) is 5.82 Å². The monoisotopic (exact) mass is 425 g/mol. The van der Waals surface area contributed by atoms with E-state index in [-0.39, 0.29) is 30.5 Å². The predicted molar refractivity (Wildman–Crippen MR) is 113 cm³/mol. The number of pyridine rings is 1. The number of hydrogen-bond donors (Lipinski definition) is 1. The molecule has 1 aromatic carbocycles. The zero-order chi connectivity index (χ0) is 18.3. The van der Waals surface area contributed by atoms with Gasteiger partial charge in [0, 0.05) is 31.6 Å². The van der Waals surface area contributed by atoms with Gasteiger partial charge in [-0.25, -0.2) is 9.78 Å². The van der Waals surface area contributed by atoms with Crippen LogP contribution in [0, 0.1) is 11.8 Å². The maximum Gasteiger partial charge on any atom is 0.354 e. The summed E-state index contributed by atoms with van der Waals surface area (Å²) in [7, 11) is 3.86. The highest BCUT2D eigenvalue weighted by Crippen LogP contribution is 2.45. The van der Waals surface area contributed by atoms with E-state index in [2.05, 4.69) is 34.0 Å². The number of fused-ring (bicyclic) bond motifs is 1. The Morgan fingerprint density at radius 1 is 1.11 bits per heavy atom. The van der Waals surface area contributed by atoms with Crippen molar-refractivity contribution in [2.24, 2.45) is 11.8 Å². The van der Waals surface area contributed by atoms with Crippen molar-refractivity contribution in [1.82, 2.24) is 9.88 Å². The van der Waals surface area contributed by atoms with Crippen LogP contribution >= 0.6 is 24.8 Å². The van der Waals surface area contributed by atoms with E-state index in [1.54, 1.807) is 13.2 Å². The first-order chi connectivity index (χ1) is 12.6. The number of benzene rings is 1. The summed E-state index contributed by atoms with van der Waals surface area (Å²) in [4.78, 5) is 20.2. The number of methoxy groups -OCH3 is 1. The number of ether oxygens (including phenoxy) is 1. The number of carboxylic acid groups (broad SMARTS) is 1. The van der Waals surface area contributed by atoms with Crippen molar-refractivity contribution in [3.63, 3.8) is 0 Å². The van der Waals surface area contributed by atoms with Gasteiger partial charge in [0.2, 0.25) is 0 Å². The molecule has 0 amide bonds. The number of aromatic nitrogens is 1. The summed E-state index contributed by atoms with van der Waals surface area (Å²) in [5.74, 6) is 1.71. The second kappa shape index (κ2) is 8.99. The van der Waals surface area contributed by atoms with Gasteiger partial charge in [0.25, 0.3) is 0 Å². The standard InChI is InChI=1S/C20H23N3O3.2ClH/c1-22-10-14-11-23(18-5-3-4-17(21-18)20(24)25)12-16(14)19(22)13-6-8-15(26-2)9-7-13;;/h3-9,14,16,19H,10-12H2,1-2H3,(H,24,25);2*1H/t14-,16+,19+;;/m0../s1. The lowest BCUT2D eigenvalue weighted by molar-refractivity contribution is 0.0690. The average Bonchev–Trinajstić information content (AvgIpc) is 3.18. The molecule has 8 heteroatoms. The van der Waals surface area contributed by atoms with Gasteiger partial charge in [-0.3, -0.25) is 4.90 Å². The summed E-state index contributed by atoms with van der Waals surface area (Å²) in [5, 5.41) is 9.18. The zero-order valence-electron chi connectivity index (χ0n) is 15.8. The summed E-state index contributed by atoms with van der Waals surface area (Å²) in [5.41, 5.74) is 1.40. The van der Waals surface area contributed by atoms with E-state index < -0.39 is 5.97 Å². The summed E-state index contributed by atoms with van der Waals surface area (Å²) in [6, 6.07) is 13.9. The fourth-order valence-electron chi connectivity index (χ4n) is 4.47. The second-order valence-electron chi connectivity index (χ2n) is 7.17. The van der Waals surface area contributed by atoms with Gasteiger partial charge < -0.3 is 14.7 Å². The Labute approximate surface area is 177 Å². The number of halogens is 2. The highest BCUT2D eigenvalue weighted by Gasteiger charge is 2.46. The minimum absolute atomic E-state index is 0. The van der Waals surface area contributed by atoms with Gasteiger partial charge in [-0.15, -0.1) is 24.8 Å². The molecular weight excluding hydrogens is 401 g/mol. The van der Waals surface area contributed by atoms with Crippen LogP contribution in [0.3, 0.4) is 0 Å².